The summed E-state index contributed by atoms with van der Waals surface area (Å²) in [5.41, 5.74) is 0. The first-order valence-electron chi connectivity index (χ1n) is 4.86. The molecule has 0 atom stereocenters. The fourth-order valence-corrected chi connectivity index (χ4v) is 148. The minimum atomic E-state index is -1.37. The van der Waals surface area contributed by atoms with Crippen molar-refractivity contribution in [2.45, 2.75) is 0 Å². The molecule has 0 fully saturated rings. The van der Waals surface area contributed by atoms with Gasteiger partial charge in [0.25, 0.3) is 0 Å². The van der Waals surface area contributed by atoms with Gasteiger partial charge < -0.3 is 0 Å². The molecule has 0 saturated heterocycles. The zero-order valence-corrected chi connectivity index (χ0v) is 49.9. The van der Waals surface area contributed by atoms with Crippen molar-refractivity contribution >= 4 is 200 Å². The molecule has 0 amide bonds. The molecule has 0 aliphatic carbocycles. The van der Waals surface area contributed by atoms with E-state index in [2.05, 4.69) is 0 Å². The van der Waals surface area contributed by atoms with Crippen LogP contribution in [-0.4, -0.2) is 200 Å². The molecule has 0 aromatic heterocycles. The van der Waals surface area contributed by atoms with Gasteiger partial charge in [-0.25, -0.2) is 0 Å². The Morgan fingerprint density at radius 1 is 0.412 bits per heavy atom. The second-order valence-corrected chi connectivity index (χ2v) is 86.6. The molecule has 104 valence electrons. The van der Waals surface area contributed by atoms with Crippen LogP contribution in [-0.2, 0) is 11.3 Å². The van der Waals surface area contributed by atoms with Crippen LogP contribution < -0.4 is 0 Å². The molecule has 0 rings (SSSR count). The van der Waals surface area contributed by atoms with E-state index in [0.717, 1.165) is 0 Å². The molecule has 0 unspecified atom stereocenters. The summed E-state index contributed by atoms with van der Waals surface area (Å²) in [6.07, 6.45) is 0. The standard InChI is InChI=1S/8O.9Sn.20H. The van der Waals surface area contributed by atoms with Crippen molar-refractivity contribution in [1.82, 2.24) is 0 Å². The van der Waals surface area contributed by atoms with Gasteiger partial charge in [-0.1, -0.05) is 0 Å². The van der Waals surface area contributed by atoms with Crippen LogP contribution in [0.25, 0.3) is 0 Å². The summed E-state index contributed by atoms with van der Waals surface area (Å²) in [5.74, 6) is 0. The summed E-state index contributed by atoms with van der Waals surface area (Å²) >= 11 is -8.34. The van der Waals surface area contributed by atoms with E-state index in [-0.39, 0.29) is 0 Å². The average molecular weight is 1220 g/mol. The second kappa shape index (κ2) is 22.9. The fraction of sp³-hybridized carbons (Fsp3) is 0. The van der Waals surface area contributed by atoms with Crippen molar-refractivity contribution in [1.29, 1.82) is 0 Å². The average Bonchev–Trinajstić information content (AvgIpc) is 2.35. The Hall–Kier alpha value is 6.87. The zero-order valence-electron chi connectivity index (χ0n) is 10.2. The Morgan fingerprint density at radius 3 is 0.882 bits per heavy atom. The molecular weight excluding hydrogens is 1200 g/mol. The van der Waals surface area contributed by atoms with Crippen LogP contribution in [0.3, 0.4) is 0 Å². The first-order valence-corrected chi connectivity index (χ1v) is 32.6. The molecule has 0 bridgehead atoms. The maximum absolute atomic E-state index is 5.54. The molecule has 8 nitrogen and oxygen atoms in total. The monoisotopic (exact) mass is 1230 g/mol. The van der Waals surface area contributed by atoms with Gasteiger partial charge in [0.2, 0.25) is 0 Å². The molecule has 17 heteroatoms. The maximum atomic E-state index is 5.54. The second-order valence-electron chi connectivity index (χ2n) is 2.63. The Morgan fingerprint density at radius 2 is 0.647 bits per heavy atom. The third-order valence-electron chi connectivity index (χ3n) is 1.24. The van der Waals surface area contributed by atoms with Crippen LogP contribution in [0.15, 0.2) is 0 Å². The Kier molecular flexibility index (Phi) is 32.1. The van der Waals surface area contributed by atoms with E-state index >= 15 is 0 Å². The fourth-order valence-electron chi connectivity index (χ4n) is 0.665. The van der Waals surface area contributed by atoms with Gasteiger partial charge in [-0.2, -0.15) is 0 Å². The van der Waals surface area contributed by atoms with Crippen molar-refractivity contribution in [2.75, 3.05) is 0 Å². The number of hydrogen-bond donors (Lipinski definition) is 0. The van der Waals surface area contributed by atoms with Gasteiger partial charge in [0, 0.05) is 0 Å². The van der Waals surface area contributed by atoms with Crippen LogP contribution in [0.4, 0.5) is 0 Å². The normalized spacial score (nSPS) is 16.2. The van der Waals surface area contributed by atoms with E-state index in [0.29, 0.717) is 45.9 Å². The Bertz CT molecular complexity index is 120. The molecule has 0 heterocycles. The zero-order chi connectivity index (χ0) is 12.6. The van der Waals surface area contributed by atoms with E-state index < -0.39 is 154 Å². The van der Waals surface area contributed by atoms with Crippen LogP contribution >= 0.6 is 0 Å². The molecule has 0 aromatic carbocycles. The molecular formula is H20O8Sn9. The van der Waals surface area contributed by atoms with Gasteiger partial charge in [-0.3, -0.25) is 0 Å². The summed E-state index contributed by atoms with van der Waals surface area (Å²) in [6, 6.07) is 0. The summed E-state index contributed by atoms with van der Waals surface area (Å²) in [7, 11) is 0. The quantitative estimate of drug-likeness (QED) is 0.126. The number of rotatable bonds is 14. The van der Waals surface area contributed by atoms with Crippen molar-refractivity contribution < 1.29 is 11.3 Å². The SMILES string of the molecule is [SnH3][O][SnH2][O][SnH2][O][SnH2][O][SnH2][O][SnH2][O][SnH2][O][SnH2][O][SnH3]. The van der Waals surface area contributed by atoms with Gasteiger partial charge in [-0.15, -0.1) is 0 Å². The first kappa shape index (κ1) is 23.9. The predicted molar refractivity (Wildman–Crippen MR) is 88.4 cm³/mol. The van der Waals surface area contributed by atoms with Gasteiger partial charge in [-0.05, 0) is 0 Å². The molecule has 0 saturated carbocycles. The van der Waals surface area contributed by atoms with Crippen LogP contribution in [0.5, 0.6) is 0 Å². The van der Waals surface area contributed by atoms with E-state index in [1.165, 1.54) is 0 Å². The third-order valence-corrected chi connectivity index (χ3v) is 55.6. The topological polar surface area (TPSA) is 73.8 Å². The number of hydrogen-bond acceptors (Lipinski definition) is 8. The summed E-state index contributed by atoms with van der Waals surface area (Å²) in [5, 5.41) is 0. The van der Waals surface area contributed by atoms with Crippen molar-refractivity contribution in [3.63, 3.8) is 0 Å². The molecule has 0 aliphatic heterocycles. The van der Waals surface area contributed by atoms with Gasteiger partial charge in [0.1, 0.15) is 0 Å². The summed E-state index contributed by atoms with van der Waals surface area (Å²) < 4.78 is 43.3. The summed E-state index contributed by atoms with van der Waals surface area (Å²) in [6.45, 7) is 0. The minimum absolute atomic E-state index is 0.368. The molecule has 0 N–H and O–H groups in total. The van der Waals surface area contributed by atoms with Crippen LogP contribution in [0.2, 0.25) is 0 Å². The van der Waals surface area contributed by atoms with Gasteiger partial charge >= 0.3 is 211 Å². The first-order chi connectivity index (χ1) is 8.41. The van der Waals surface area contributed by atoms with Gasteiger partial charge in [0.15, 0.2) is 0 Å². The molecule has 0 spiro atoms. The molecule has 17 heavy (non-hydrogen) atoms. The van der Waals surface area contributed by atoms with Crippen molar-refractivity contribution in [2.24, 2.45) is 0 Å². The van der Waals surface area contributed by atoms with E-state index in [4.69, 9.17) is 11.3 Å². The molecule has 0 radical (unpaired) electrons. The van der Waals surface area contributed by atoms with Crippen LogP contribution in [0.1, 0.15) is 0 Å². The Labute approximate surface area is 205 Å². The van der Waals surface area contributed by atoms with Crippen molar-refractivity contribution in [3.8, 4) is 0 Å². The molecule has 0 aliphatic rings. The van der Waals surface area contributed by atoms with E-state index in [1.54, 1.807) is 0 Å². The molecule has 0 aromatic rings. The predicted octanol–water partition coefficient (Wildman–Crippen LogP) is -9.33. The van der Waals surface area contributed by atoms with Gasteiger partial charge in [0.05, 0.1) is 0 Å². The third kappa shape index (κ3) is 22.9. The van der Waals surface area contributed by atoms with Crippen LogP contribution in [0, 0.1) is 0 Å². The van der Waals surface area contributed by atoms with E-state index in [9.17, 15) is 0 Å². The van der Waals surface area contributed by atoms with E-state index in [1.807, 2.05) is 0 Å². The van der Waals surface area contributed by atoms with Crippen molar-refractivity contribution in [3.05, 3.63) is 0 Å². The Balaban J connectivity index is 2.85. The summed E-state index contributed by atoms with van der Waals surface area (Å²) in [4.78, 5) is 0.